The van der Waals surface area contributed by atoms with E-state index in [4.69, 9.17) is 11.6 Å². The third-order valence-electron chi connectivity index (χ3n) is 3.38. The van der Waals surface area contributed by atoms with Gasteiger partial charge in [-0.25, -0.2) is 14.6 Å². The average molecular weight is 371 g/mol. The molecule has 1 heterocycles. The van der Waals surface area contributed by atoms with Gasteiger partial charge in [0, 0.05) is 10.6 Å². The number of aromatic nitrogens is 2. The zero-order chi connectivity index (χ0) is 18.5. The Bertz CT molecular complexity index is 1010. The molecular formula is C18H12ClFN4O2. The molecule has 3 aromatic rings. The molecule has 1 amide bonds. The Hall–Kier alpha value is -3.32. The number of halogens is 2. The normalized spacial score (nSPS) is 10.8. The van der Waals surface area contributed by atoms with Crippen LogP contribution in [0, 0.1) is 5.82 Å². The number of H-pyrrole nitrogens is 1. The van der Waals surface area contributed by atoms with Gasteiger partial charge in [-0.3, -0.25) is 4.79 Å². The van der Waals surface area contributed by atoms with E-state index in [1.54, 1.807) is 24.3 Å². The summed E-state index contributed by atoms with van der Waals surface area (Å²) in [5.74, 6) is -1.02. The largest absolute Gasteiger partial charge is 0.346 e. The molecule has 0 aliphatic rings. The maximum absolute atomic E-state index is 13.0. The number of nitrogens with zero attached hydrogens (tertiary/aromatic N) is 2. The second kappa shape index (κ2) is 7.71. The molecule has 0 saturated carbocycles. The molecule has 0 aliphatic carbocycles. The molecule has 8 heteroatoms. The summed E-state index contributed by atoms with van der Waals surface area (Å²) < 4.78 is 13.0. The van der Waals surface area contributed by atoms with Crippen molar-refractivity contribution in [3.8, 4) is 11.3 Å². The fourth-order valence-corrected chi connectivity index (χ4v) is 2.25. The molecule has 0 spiro atoms. The van der Waals surface area contributed by atoms with Gasteiger partial charge >= 0.3 is 5.69 Å². The standard InChI is InChI=1S/C18H12ClFN4O2/c19-13-5-1-11(2-6-13)10-21-24-17(25)16-9-15(22-18(26)23-16)12-3-7-14(20)8-4-12/h1-10H,(H,24,25)(H,22,23,26)/b21-10+. The first-order valence-corrected chi connectivity index (χ1v) is 7.85. The summed E-state index contributed by atoms with van der Waals surface area (Å²) >= 11 is 5.79. The lowest BCUT2D eigenvalue weighted by Gasteiger charge is -2.04. The summed E-state index contributed by atoms with van der Waals surface area (Å²) in [6.07, 6.45) is 1.44. The van der Waals surface area contributed by atoms with Crippen molar-refractivity contribution in [1.82, 2.24) is 15.4 Å². The van der Waals surface area contributed by atoms with Crippen molar-refractivity contribution in [3.05, 3.63) is 87.2 Å². The van der Waals surface area contributed by atoms with Crippen molar-refractivity contribution in [2.24, 2.45) is 5.10 Å². The van der Waals surface area contributed by atoms with Gasteiger partial charge in [-0.15, -0.1) is 0 Å². The van der Waals surface area contributed by atoms with Crippen molar-refractivity contribution < 1.29 is 9.18 Å². The average Bonchev–Trinajstić information content (AvgIpc) is 2.63. The molecule has 0 bridgehead atoms. The van der Waals surface area contributed by atoms with E-state index in [-0.39, 0.29) is 11.4 Å². The van der Waals surface area contributed by atoms with E-state index in [9.17, 15) is 14.0 Å². The van der Waals surface area contributed by atoms with Crippen LogP contribution in [0.15, 0.2) is 64.5 Å². The molecule has 0 unspecified atom stereocenters. The Morgan fingerprint density at radius 2 is 1.85 bits per heavy atom. The lowest BCUT2D eigenvalue weighted by atomic mass is 10.1. The number of carbonyl (C=O) groups is 1. The van der Waals surface area contributed by atoms with Crippen LogP contribution in [0.5, 0.6) is 0 Å². The van der Waals surface area contributed by atoms with E-state index < -0.39 is 17.4 Å². The number of rotatable bonds is 4. The first-order chi connectivity index (χ1) is 12.5. The summed E-state index contributed by atoms with van der Waals surface area (Å²) in [5.41, 5.74) is 3.11. The summed E-state index contributed by atoms with van der Waals surface area (Å²) in [5, 5.41) is 4.42. The fourth-order valence-electron chi connectivity index (χ4n) is 2.12. The third kappa shape index (κ3) is 4.40. The first-order valence-electron chi connectivity index (χ1n) is 7.47. The highest BCUT2D eigenvalue weighted by Crippen LogP contribution is 2.16. The van der Waals surface area contributed by atoms with Gasteiger partial charge in [0.15, 0.2) is 0 Å². The van der Waals surface area contributed by atoms with E-state index in [1.165, 1.54) is 36.5 Å². The minimum Gasteiger partial charge on any atom is -0.301 e. The molecule has 0 fully saturated rings. The Labute approximate surface area is 152 Å². The van der Waals surface area contributed by atoms with Crippen LogP contribution in [0.4, 0.5) is 4.39 Å². The maximum Gasteiger partial charge on any atom is 0.346 e. The highest BCUT2D eigenvalue weighted by atomic mass is 35.5. The van der Waals surface area contributed by atoms with Crippen LogP contribution in [0.1, 0.15) is 16.1 Å². The number of benzene rings is 2. The molecule has 1 aromatic heterocycles. The number of nitrogens with one attached hydrogen (secondary N) is 2. The predicted molar refractivity (Wildman–Crippen MR) is 96.8 cm³/mol. The molecule has 0 radical (unpaired) electrons. The van der Waals surface area contributed by atoms with Crippen LogP contribution in [-0.4, -0.2) is 22.1 Å². The van der Waals surface area contributed by atoms with Gasteiger partial charge in [-0.2, -0.15) is 10.1 Å². The number of hydrogen-bond donors (Lipinski definition) is 2. The minimum absolute atomic E-state index is 0.0161. The zero-order valence-electron chi connectivity index (χ0n) is 13.2. The van der Waals surface area contributed by atoms with Crippen LogP contribution in [0.25, 0.3) is 11.3 Å². The molecule has 26 heavy (non-hydrogen) atoms. The SMILES string of the molecule is O=C(N/N=C/c1ccc(Cl)cc1)c1cc(-c2ccc(F)cc2)nc(=O)[nH]1. The van der Waals surface area contributed by atoms with E-state index in [1.807, 2.05) is 0 Å². The molecule has 130 valence electrons. The van der Waals surface area contributed by atoms with Gasteiger partial charge in [0.05, 0.1) is 11.9 Å². The molecule has 0 aliphatic heterocycles. The quantitative estimate of drug-likeness (QED) is 0.546. The van der Waals surface area contributed by atoms with E-state index in [0.29, 0.717) is 10.6 Å². The first kappa shape index (κ1) is 17.5. The van der Waals surface area contributed by atoms with Gasteiger partial charge in [0.25, 0.3) is 5.91 Å². The number of amides is 1. The van der Waals surface area contributed by atoms with Gasteiger partial charge in [0.1, 0.15) is 11.5 Å². The second-order valence-electron chi connectivity index (χ2n) is 5.24. The van der Waals surface area contributed by atoms with Crippen molar-refractivity contribution in [3.63, 3.8) is 0 Å². The molecule has 3 rings (SSSR count). The molecule has 0 atom stereocenters. The van der Waals surface area contributed by atoms with Crippen molar-refractivity contribution >= 4 is 23.7 Å². The molecule has 2 aromatic carbocycles. The van der Waals surface area contributed by atoms with E-state index in [2.05, 4.69) is 20.5 Å². The van der Waals surface area contributed by atoms with Crippen LogP contribution < -0.4 is 11.1 Å². The van der Waals surface area contributed by atoms with E-state index in [0.717, 1.165) is 5.56 Å². The Balaban J connectivity index is 1.77. The number of carbonyl (C=O) groups excluding carboxylic acids is 1. The fraction of sp³-hybridized carbons (Fsp3) is 0. The summed E-state index contributed by atoms with van der Waals surface area (Å²) in [4.78, 5) is 30.0. The minimum atomic E-state index is -0.696. The number of hydrogen-bond acceptors (Lipinski definition) is 4. The zero-order valence-corrected chi connectivity index (χ0v) is 14.0. The summed E-state index contributed by atoms with van der Waals surface area (Å²) in [6, 6.07) is 13.7. The predicted octanol–water partition coefficient (Wildman–Crippen LogP) is 2.99. The number of hydrazone groups is 1. The van der Waals surface area contributed by atoms with E-state index >= 15 is 0 Å². The van der Waals surface area contributed by atoms with Crippen LogP contribution >= 0.6 is 11.6 Å². The lowest BCUT2D eigenvalue weighted by molar-refractivity contribution is 0.0949. The Kier molecular flexibility index (Phi) is 5.19. The second-order valence-corrected chi connectivity index (χ2v) is 5.68. The van der Waals surface area contributed by atoms with Crippen molar-refractivity contribution in [1.29, 1.82) is 0 Å². The smallest absolute Gasteiger partial charge is 0.301 e. The topological polar surface area (TPSA) is 87.2 Å². The molecule has 0 saturated heterocycles. The lowest BCUT2D eigenvalue weighted by Crippen LogP contribution is -2.24. The van der Waals surface area contributed by atoms with Crippen molar-refractivity contribution in [2.45, 2.75) is 0 Å². The highest BCUT2D eigenvalue weighted by molar-refractivity contribution is 6.30. The number of aromatic amines is 1. The molecule has 6 nitrogen and oxygen atoms in total. The van der Waals surface area contributed by atoms with Gasteiger partial charge in [0.2, 0.25) is 0 Å². The Morgan fingerprint density at radius 3 is 2.54 bits per heavy atom. The molecule has 2 N–H and O–H groups in total. The monoisotopic (exact) mass is 370 g/mol. The maximum atomic E-state index is 13.0. The van der Waals surface area contributed by atoms with Gasteiger partial charge in [-0.1, -0.05) is 23.7 Å². The summed E-state index contributed by atoms with van der Waals surface area (Å²) in [6.45, 7) is 0. The van der Waals surface area contributed by atoms with Crippen molar-refractivity contribution in [2.75, 3.05) is 0 Å². The van der Waals surface area contributed by atoms with Crippen LogP contribution in [0.3, 0.4) is 0 Å². The highest BCUT2D eigenvalue weighted by Gasteiger charge is 2.10. The van der Waals surface area contributed by atoms with Gasteiger partial charge in [-0.05, 0) is 48.0 Å². The summed E-state index contributed by atoms with van der Waals surface area (Å²) in [7, 11) is 0. The van der Waals surface area contributed by atoms with Gasteiger partial charge < -0.3 is 4.98 Å². The van der Waals surface area contributed by atoms with Crippen LogP contribution in [0.2, 0.25) is 5.02 Å². The molecular weight excluding hydrogens is 359 g/mol. The Morgan fingerprint density at radius 1 is 1.15 bits per heavy atom. The third-order valence-corrected chi connectivity index (χ3v) is 3.63. The van der Waals surface area contributed by atoms with Crippen LogP contribution in [-0.2, 0) is 0 Å².